The average Bonchev–Trinajstić information content (AvgIpc) is 3.56. The van der Waals surface area contributed by atoms with Gasteiger partial charge >= 0.3 is 0 Å². The van der Waals surface area contributed by atoms with Crippen LogP contribution in [0.3, 0.4) is 0 Å². The van der Waals surface area contributed by atoms with Crippen molar-refractivity contribution in [2.75, 3.05) is 0 Å². The highest BCUT2D eigenvalue weighted by molar-refractivity contribution is 6.18. The zero-order valence-electron chi connectivity index (χ0n) is 22.8. The molecule has 0 atom stereocenters. The molecule has 3 nitrogen and oxygen atoms in total. The zero-order chi connectivity index (χ0) is 27.7. The first-order valence-electron chi connectivity index (χ1n) is 14.3. The van der Waals surface area contributed by atoms with E-state index in [2.05, 4.69) is 142 Å². The molecule has 3 heterocycles. The smallest absolute Gasteiger partial charge is 0.0715 e. The normalized spacial score (nSPS) is 13.4. The highest BCUT2D eigenvalue weighted by Gasteiger charge is 2.47. The van der Waals surface area contributed by atoms with Crippen LogP contribution in [0.15, 0.2) is 152 Å². The van der Waals surface area contributed by atoms with Gasteiger partial charge in [-0.3, -0.25) is 9.97 Å². The fraction of sp³-hybridized carbons (Fsp3) is 0.0256. The number of aromatic nitrogens is 3. The summed E-state index contributed by atoms with van der Waals surface area (Å²) in [5, 5.41) is 5.03. The van der Waals surface area contributed by atoms with Gasteiger partial charge in [0.05, 0.1) is 16.4 Å². The molecule has 0 radical (unpaired) electrons. The summed E-state index contributed by atoms with van der Waals surface area (Å²) in [7, 11) is 0. The van der Waals surface area contributed by atoms with E-state index in [0.717, 1.165) is 0 Å². The van der Waals surface area contributed by atoms with Crippen molar-refractivity contribution in [2.45, 2.75) is 5.41 Å². The van der Waals surface area contributed by atoms with E-state index in [9.17, 15) is 0 Å². The van der Waals surface area contributed by atoms with Crippen molar-refractivity contribution in [2.24, 2.45) is 0 Å². The van der Waals surface area contributed by atoms with E-state index in [1.54, 1.807) is 0 Å². The van der Waals surface area contributed by atoms with Crippen LogP contribution in [0.5, 0.6) is 0 Å². The van der Waals surface area contributed by atoms with E-state index in [-0.39, 0.29) is 0 Å². The van der Waals surface area contributed by atoms with Crippen LogP contribution in [0.2, 0.25) is 0 Å². The Morgan fingerprint density at radius 3 is 1.95 bits per heavy atom. The molecule has 0 bridgehead atoms. The molecular formula is C39H25N3. The number of benzene rings is 5. The molecular weight excluding hydrogens is 510 g/mol. The molecule has 0 saturated carbocycles. The molecule has 0 spiro atoms. The highest BCUT2D eigenvalue weighted by Crippen LogP contribution is 2.58. The molecule has 9 rings (SSSR count). The van der Waals surface area contributed by atoms with E-state index in [1.165, 1.54) is 71.6 Å². The van der Waals surface area contributed by atoms with Crippen LogP contribution in [-0.2, 0) is 5.41 Å². The summed E-state index contributed by atoms with van der Waals surface area (Å²) in [4.78, 5) is 8.77. The van der Waals surface area contributed by atoms with Gasteiger partial charge in [0.1, 0.15) is 0 Å². The van der Waals surface area contributed by atoms with Crippen molar-refractivity contribution >= 4 is 32.6 Å². The summed E-state index contributed by atoms with van der Waals surface area (Å²) >= 11 is 0. The molecule has 5 aromatic carbocycles. The minimum atomic E-state index is -0.488. The lowest BCUT2D eigenvalue weighted by molar-refractivity contribution is 0.764. The predicted molar refractivity (Wildman–Crippen MR) is 171 cm³/mol. The molecule has 1 aliphatic rings. The second-order valence-electron chi connectivity index (χ2n) is 11.0. The lowest BCUT2D eigenvalue weighted by Crippen LogP contribution is -2.28. The Labute approximate surface area is 243 Å². The second-order valence-corrected chi connectivity index (χ2v) is 11.0. The lowest BCUT2D eigenvalue weighted by atomic mass is 9.68. The van der Waals surface area contributed by atoms with E-state index < -0.39 is 5.41 Å². The summed E-state index contributed by atoms with van der Waals surface area (Å²) < 4.78 is 2.43. The third-order valence-electron chi connectivity index (χ3n) is 9.06. The number of hydrogen-bond acceptors (Lipinski definition) is 2. The lowest BCUT2D eigenvalue weighted by Gasteiger charge is -2.33. The van der Waals surface area contributed by atoms with Gasteiger partial charge in [-0.15, -0.1) is 0 Å². The monoisotopic (exact) mass is 535 g/mol. The predicted octanol–water partition coefficient (Wildman–Crippen LogP) is 9.09. The van der Waals surface area contributed by atoms with Gasteiger partial charge in [0.25, 0.3) is 0 Å². The van der Waals surface area contributed by atoms with Crippen molar-refractivity contribution < 1.29 is 0 Å². The van der Waals surface area contributed by atoms with Crippen molar-refractivity contribution in [3.8, 4) is 16.8 Å². The number of hydrogen-bond donors (Lipinski definition) is 0. The van der Waals surface area contributed by atoms with Crippen LogP contribution >= 0.6 is 0 Å². The van der Waals surface area contributed by atoms with Gasteiger partial charge in [0.15, 0.2) is 0 Å². The molecule has 3 heteroatoms. The van der Waals surface area contributed by atoms with Crippen LogP contribution < -0.4 is 0 Å². The molecule has 0 fully saturated rings. The van der Waals surface area contributed by atoms with Crippen molar-refractivity contribution in [1.82, 2.24) is 14.5 Å². The number of nitrogens with zero attached hydrogens (tertiary/aromatic N) is 3. The largest absolute Gasteiger partial charge is 0.309 e. The molecule has 0 amide bonds. The van der Waals surface area contributed by atoms with Gasteiger partial charge in [-0.2, -0.15) is 0 Å². The summed E-state index contributed by atoms with van der Waals surface area (Å²) in [6, 6.07) is 46.4. The van der Waals surface area contributed by atoms with Gasteiger partial charge in [-0.05, 0) is 92.7 Å². The fourth-order valence-electron chi connectivity index (χ4n) is 7.41. The van der Waals surface area contributed by atoms with Crippen LogP contribution in [0.1, 0.15) is 22.3 Å². The molecule has 0 aliphatic heterocycles. The topological polar surface area (TPSA) is 30.7 Å². The SMILES string of the molecule is c1ccc2c(c1)-c1c(ccc3c1c1ccccc1n3-c1ccc3ccccc3c1)C2(c1ccncc1)c1ccncc1. The molecule has 3 aromatic heterocycles. The summed E-state index contributed by atoms with van der Waals surface area (Å²) in [5.74, 6) is 0. The first-order chi connectivity index (χ1) is 20.9. The Morgan fingerprint density at radius 1 is 0.500 bits per heavy atom. The molecule has 1 aliphatic carbocycles. The minimum Gasteiger partial charge on any atom is -0.309 e. The van der Waals surface area contributed by atoms with Crippen LogP contribution in [0.4, 0.5) is 0 Å². The maximum atomic E-state index is 4.39. The number of para-hydroxylation sites is 1. The van der Waals surface area contributed by atoms with Gasteiger partial charge in [0, 0.05) is 41.2 Å². The molecule has 8 aromatic rings. The van der Waals surface area contributed by atoms with Crippen LogP contribution in [-0.4, -0.2) is 14.5 Å². The molecule has 196 valence electrons. The first-order valence-corrected chi connectivity index (χ1v) is 14.3. The summed E-state index contributed by atoms with van der Waals surface area (Å²) in [6.45, 7) is 0. The number of fused-ring (bicyclic) bond motifs is 8. The fourth-order valence-corrected chi connectivity index (χ4v) is 7.41. The zero-order valence-corrected chi connectivity index (χ0v) is 22.8. The quantitative estimate of drug-likeness (QED) is 0.226. The third-order valence-corrected chi connectivity index (χ3v) is 9.06. The molecule has 0 N–H and O–H groups in total. The maximum Gasteiger partial charge on any atom is 0.0715 e. The van der Waals surface area contributed by atoms with Crippen LogP contribution in [0.25, 0.3) is 49.4 Å². The third kappa shape index (κ3) is 3.00. The van der Waals surface area contributed by atoms with E-state index >= 15 is 0 Å². The molecule has 0 unspecified atom stereocenters. The van der Waals surface area contributed by atoms with E-state index in [4.69, 9.17) is 0 Å². The van der Waals surface area contributed by atoms with Crippen molar-refractivity contribution in [3.63, 3.8) is 0 Å². The van der Waals surface area contributed by atoms with E-state index in [0.29, 0.717) is 0 Å². The Hall–Kier alpha value is -5.54. The highest BCUT2D eigenvalue weighted by atomic mass is 15.0. The summed E-state index contributed by atoms with van der Waals surface area (Å²) in [6.07, 6.45) is 7.62. The number of pyridine rings is 2. The van der Waals surface area contributed by atoms with Gasteiger partial charge in [0.2, 0.25) is 0 Å². The van der Waals surface area contributed by atoms with Crippen molar-refractivity contribution in [3.05, 3.63) is 174 Å². The van der Waals surface area contributed by atoms with Gasteiger partial charge < -0.3 is 4.57 Å². The number of rotatable bonds is 3. The van der Waals surface area contributed by atoms with Crippen molar-refractivity contribution in [1.29, 1.82) is 0 Å². The first kappa shape index (κ1) is 23.2. The Kier molecular flexibility index (Phi) is 4.82. The van der Waals surface area contributed by atoms with E-state index in [1.807, 2.05) is 24.8 Å². The van der Waals surface area contributed by atoms with Gasteiger partial charge in [-0.1, -0.05) is 78.9 Å². The Balaban J connectivity index is 1.46. The second kappa shape index (κ2) is 8.73. The maximum absolute atomic E-state index is 4.39. The van der Waals surface area contributed by atoms with Gasteiger partial charge in [-0.25, -0.2) is 0 Å². The molecule has 0 saturated heterocycles. The van der Waals surface area contributed by atoms with Crippen LogP contribution in [0, 0.1) is 0 Å². The summed E-state index contributed by atoms with van der Waals surface area (Å²) in [5.41, 5.74) is 10.6. The average molecular weight is 536 g/mol. The molecule has 42 heavy (non-hydrogen) atoms. The standard InChI is InChI=1S/C39H25N3/c1-2-8-27-25-30(14-13-26(27)7-1)42-35-12-6-4-10-32(35)38-36(42)16-15-34-37(38)31-9-3-5-11-33(31)39(34,28-17-21-40-22-18-28)29-19-23-41-24-20-29/h1-25H. The minimum absolute atomic E-state index is 0.488. The Bertz CT molecular complexity index is 2260. The Morgan fingerprint density at radius 2 is 1.17 bits per heavy atom.